The smallest absolute Gasteiger partial charge is 0.228 e. The van der Waals surface area contributed by atoms with E-state index < -0.39 is 0 Å². The third-order valence-corrected chi connectivity index (χ3v) is 3.83. The van der Waals surface area contributed by atoms with Gasteiger partial charge in [0.1, 0.15) is 11.9 Å². The minimum absolute atomic E-state index is 0.00657. The van der Waals surface area contributed by atoms with E-state index in [0.29, 0.717) is 38.7 Å². The predicted molar refractivity (Wildman–Crippen MR) is 70.0 cm³/mol. The molecule has 0 aromatic carbocycles. The van der Waals surface area contributed by atoms with Crippen molar-refractivity contribution >= 4 is 5.91 Å². The number of ether oxygens (including phenoxy) is 2. The number of carbonyl (C=O) groups excluding carboxylic acids is 1. The summed E-state index contributed by atoms with van der Waals surface area (Å²) in [5.74, 6) is 1.66. The third kappa shape index (κ3) is 2.69. The van der Waals surface area contributed by atoms with Gasteiger partial charge in [-0.2, -0.15) is 5.10 Å². The molecular formula is C13H20N4O3. The van der Waals surface area contributed by atoms with Crippen LogP contribution in [0.15, 0.2) is 0 Å². The fourth-order valence-electron chi connectivity index (χ4n) is 2.61. The molecule has 7 nitrogen and oxygen atoms in total. The van der Waals surface area contributed by atoms with Crippen molar-refractivity contribution in [3.8, 4) is 0 Å². The lowest BCUT2D eigenvalue weighted by molar-refractivity contribution is -0.143. The summed E-state index contributed by atoms with van der Waals surface area (Å²) in [6, 6.07) is 0. The van der Waals surface area contributed by atoms with Crippen LogP contribution in [0.2, 0.25) is 0 Å². The Labute approximate surface area is 117 Å². The Bertz CT molecular complexity index is 470. The molecular weight excluding hydrogens is 260 g/mol. The lowest BCUT2D eigenvalue weighted by atomic mass is 10.1. The zero-order chi connectivity index (χ0) is 13.9. The normalized spacial score (nSPS) is 26.9. The van der Waals surface area contributed by atoms with Crippen LogP contribution in [0.3, 0.4) is 0 Å². The number of rotatable bonds is 3. The number of carbonyl (C=O) groups is 1. The summed E-state index contributed by atoms with van der Waals surface area (Å²) in [7, 11) is 0. The fraction of sp³-hybridized carbons (Fsp3) is 0.769. The SMILES string of the molecule is CCc1nc([C@H]2CN(C(=O)[C@@H]3CCOC3)CCO2)n[nH]1. The van der Waals surface area contributed by atoms with E-state index in [0.717, 1.165) is 18.7 Å². The second-order valence-corrected chi connectivity index (χ2v) is 5.20. The molecule has 20 heavy (non-hydrogen) atoms. The molecule has 2 aliphatic heterocycles. The van der Waals surface area contributed by atoms with Gasteiger partial charge in [-0.15, -0.1) is 0 Å². The van der Waals surface area contributed by atoms with Gasteiger partial charge in [-0.05, 0) is 6.42 Å². The maximum atomic E-state index is 12.4. The first kappa shape index (κ1) is 13.5. The number of nitrogens with one attached hydrogen (secondary N) is 1. The van der Waals surface area contributed by atoms with Crippen molar-refractivity contribution in [3.05, 3.63) is 11.6 Å². The van der Waals surface area contributed by atoms with Crippen molar-refractivity contribution in [1.82, 2.24) is 20.1 Å². The van der Waals surface area contributed by atoms with E-state index in [4.69, 9.17) is 9.47 Å². The molecule has 2 atom stereocenters. The number of amides is 1. The predicted octanol–water partition coefficient (Wildman–Crippen LogP) is 0.304. The Morgan fingerprint density at radius 3 is 3.10 bits per heavy atom. The highest BCUT2D eigenvalue weighted by molar-refractivity contribution is 5.79. The molecule has 7 heteroatoms. The van der Waals surface area contributed by atoms with Crippen molar-refractivity contribution in [2.24, 2.45) is 5.92 Å². The molecule has 1 aromatic rings. The van der Waals surface area contributed by atoms with Gasteiger partial charge in [0.25, 0.3) is 0 Å². The van der Waals surface area contributed by atoms with Crippen LogP contribution in [0.5, 0.6) is 0 Å². The van der Waals surface area contributed by atoms with Gasteiger partial charge in [0, 0.05) is 19.6 Å². The topological polar surface area (TPSA) is 80.3 Å². The first-order chi connectivity index (χ1) is 9.78. The molecule has 2 fully saturated rings. The van der Waals surface area contributed by atoms with E-state index in [1.807, 2.05) is 11.8 Å². The highest BCUT2D eigenvalue weighted by Gasteiger charge is 2.33. The molecule has 1 amide bonds. The van der Waals surface area contributed by atoms with Crippen molar-refractivity contribution < 1.29 is 14.3 Å². The molecule has 0 radical (unpaired) electrons. The van der Waals surface area contributed by atoms with Gasteiger partial charge in [0.15, 0.2) is 5.82 Å². The average Bonchev–Trinajstić information content (AvgIpc) is 3.17. The van der Waals surface area contributed by atoms with Crippen molar-refractivity contribution in [2.75, 3.05) is 32.9 Å². The zero-order valence-corrected chi connectivity index (χ0v) is 11.7. The summed E-state index contributed by atoms with van der Waals surface area (Å²) in [5.41, 5.74) is 0. The Morgan fingerprint density at radius 2 is 2.40 bits per heavy atom. The fourth-order valence-corrected chi connectivity index (χ4v) is 2.61. The molecule has 3 heterocycles. The number of aromatic amines is 1. The van der Waals surface area contributed by atoms with Crippen molar-refractivity contribution in [2.45, 2.75) is 25.9 Å². The van der Waals surface area contributed by atoms with Crippen LogP contribution >= 0.6 is 0 Å². The second-order valence-electron chi connectivity index (χ2n) is 5.20. The zero-order valence-electron chi connectivity index (χ0n) is 11.7. The minimum Gasteiger partial charge on any atom is -0.381 e. The maximum absolute atomic E-state index is 12.4. The molecule has 3 rings (SSSR count). The van der Waals surface area contributed by atoms with Gasteiger partial charge in [-0.3, -0.25) is 9.89 Å². The summed E-state index contributed by atoms with van der Waals surface area (Å²) in [4.78, 5) is 18.6. The number of aryl methyl sites for hydroxylation is 1. The van der Waals surface area contributed by atoms with E-state index in [2.05, 4.69) is 15.2 Å². The first-order valence-corrected chi connectivity index (χ1v) is 7.17. The molecule has 0 bridgehead atoms. The summed E-state index contributed by atoms with van der Waals surface area (Å²) in [5, 5.41) is 7.07. The number of hydrogen-bond acceptors (Lipinski definition) is 5. The lowest BCUT2D eigenvalue weighted by Crippen LogP contribution is -2.45. The number of morpholine rings is 1. The standard InChI is InChI=1S/C13H20N4O3/c1-2-11-14-12(16-15-11)10-7-17(4-6-20-10)13(18)9-3-5-19-8-9/h9-10H,2-8H2,1H3,(H,14,15,16)/t9-,10-/m1/s1. The molecule has 1 N–H and O–H groups in total. The van der Waals surface area contributed by atoms with Gasteiger partial charge >= 0.3 is 0 Å². The Balaban J connectivity index is 1.65. The van der Waals surface area contributed by atoms with E-state index in [9.17, 15) is 4.79 Å². The van der Waals surface area contributed by atoms with Crippen molar-refractivity contribution in [3.63, 3.8) is 0 Å². The number of nitrogens with zero attached hydrogens (tertiary/aromatic N) is 3. The molecule has 110 valence electrons. The van der Waals surface area contributed by atoms with Gasteiger partial charge in [0.2, 0.25) is 5.91 Å². The second kappa shape index (κ2) is 5.88. The highest BCUT2D eigenvalue weighted by atomic mass is 16.5. The van der Waals surface area contributed by atoms with Crippen LogP contribution in [-0.2, 0) is 20.7 Å². The van der Waals surface area contributed by atoms with Crippen LogP contribution in [0.25, 0.3) is 0 Å². The van der Waals surface area contributed by atoms with Crippen LogP contribution in [0.1, 0.15) is 31.1 Å². The summed E-state index contributed by atoms with van der Waals surface area (Å²) in [6.07, 6.45) is 1.40. The molecule has 0 saturated carbocycles. The van der Waals surface area contributed by atoms with E-state index in [1.54, 1.807) is 0 Å². The molecule has 0 aliphatic carbocycles. The average molecular weight is 280 g/mol. The molecule has 0 spiro atoms. The monoisotopic (exact) mass is 280 g/mol. The van der Waals surface area contributed by atoms with Crippen LogP contribution in [0.4, 0.5) is 0 Å². The first-order valence-electron chi connectivity index (χ1n) is 7.17. The Kier molecular flexibility index (Phi) is 3.98. The molecule has 0 unspecified atom stereocenters. The summed E-state index contributed by atoms with van der Waals surface area (Å²) >= 11 is 0. The van der Waals surface area contributed by atoms with E-state index in [1.165, 1.54) is 0 Å². The Hall–Kier alpha value is -1.47. The van der Waals surface area contributed by atoms with E-state index >= 15 is 0 Å². The summed E-state index contributed by atoms with van der Waals surface area (Å²) < 4.78 is 11.0. The highest BCUT2D eigenvalue weighted by Crippen LogP contribution is 2.23. The van der Waals surface area contributed by atoms with E-state index in [-0.39, 0.29) is 17.9 Å². The van der Waals surface area contributed by atoms with Crippen molar-refractivity contribution in [1.29, 1.82) is 0 Å². The van der Waals surface area contributed by atoms with Crippen LogP contribution in [-0.4, -0.2) is 58.9 Å². The third-order valence-electron chi connectivity index (χ3n) is 3.83. The number of hydrogen-bond donors (Lipinski definition) is 1. The largest absolute Gasteiger partial charge is 0.381 e. The van der Waals surface area contributed by atoms with Gasteiger partial charge in [0.05, 0.1) is 25.7 Å². The minimum atomic E-state index is -0.230. The van der Waals surface area contributed by atoms with Gasteiger partial charge < -0.3 is 14.4 Å². The van der Waals surface area contributed by atoms with Crippen LogP contribution < -0.4 is 0 Å². The van der Waals surface area contributed by atoms with Gasteiger partial charge in [-0.25, -0.2) is 4.98 Å². The maximum Gasteiger partial charge on any atom is 0.228 e. The quantitative estimate of drug-likeness (QED) is 0.861. The molecule has 2 aliphatic rings. The van der Waals surface area contributed by atoms with Gasteiger partial charge in [-0.1, -0.05) is 6.92 Å². The van der Waals surface area contributed by atoms with Crippen LogP contribution in [0, 0.1) is 5.92 Å². The number of aromatic nitrogens is 3. The Morgan fingerprint density at radius 1 is 1.50 bits per heavy atom. The molecule has 1 aromatic heterocycles. The number of H-pyrrole nitrogens is 1. The summed E-state index contributed by atoms with van der Waals surface area (Å²) in [6.45, 7) is 4.93. The molecule has 2 saturated heterocycles. The lowest BCUT2D eigenvalue weighted by Gasteiger charge is -2.33.